The van der Waals surface area contributed by atoms with Crippen LogP contribution < -0.4 is 5.32 Å². The first-order chi connectivity index (χ1) is 12.1. The predicted molar refractivity (Wildman–Crippen MR) is 103 cm³/mol. The molecule has 3 aromatic rings. The molecule has 128 valence electrons. The number of anilines is 1. The third-order valence-corrected chi connectivity index (χ3v) is 4.58. The van der Waals surface area contributed by atoms with Gasteiger partial charge in [-0.05, 0) is 22.6 Å². The molecule has 0 radical (unpaired) electrons. The molecule has 1 N–H and O–H groups in total. The number of hydrogen-bond acceptors (Lipinski definition) is 4. The van der Waals surface area contributed by atoms with Crippen molar-refractivity contribution in [2.24, 2.45) is 5.92 Å². The Morgan fingerprint density at radius 3 is 2.36 bits per heavy atom. The fourth-order valence-corrected chi connectivity index (χ4v) is 3.50. The topological polar surface area (TPSA) is 54.9 Å². The summed E-state index contributed by atoms with van der Waals surface area (Å²) in [5, 5.41) is 12.5. The second kappa shape index (κ2) is 8.03. The van der Waals surface area contributed by atoms with Gasteiger partial charge in [-0.15, -0.1) is 10.2 Å². The molecule has 0 unspecified atom stereocenters. The molecule has 0 aliphatic carbocycles. The van der Waals surface area contributed by atoms with Gasteiger partial charge in [0.25, 0.3) is 0 Å². The minimum Gasteiger partial charge on any atom is -0.300 e. The molecule has 4 nitrogen and oxygen atoms in total. The van der Waals surface area contributed by atoms with E-state index in [0.717, 1.165) is 22.6 Å². The Kier molecular flexibility index (Phi) is 5.56. The van der Waals surface area contributed by atoms with Crippen LogP contribution >= 0.6 is 11.3 Å². The molecule has 0 atom stereocenters. The lowest BCUT2D eigenvalue weighted by atomic mass is 10.0. The zero-order valence-corrected chi connectivity index (χ0v) is 15.2. The number of amides is 1. The van der Waals surface area contributed by atoms with E-state index in [0.29, 0.717) is 17.5 Å². The maximum absolute atomic E-state index is 12.2. The van der Waals surface area contributed by atoms with Crippen LogP contribution in [0.25, 0.3) is 11.1 Å². The first kappa shape index (κ1) is 17.3. The summed E-state index contributed by atoms with van der Waals surface area (Å²) >= 11 is 1.45. The molecule has 0 saturated heterocycles. The smallest absolute Gasteiger partial charge is 0.230 e. The summed E-state index contributed by atoms with van der Waals surface area (Å²) in [7, 11) is 0. The highest BCUT2D eigenvalue weighted by Gasteiger charge is 2.10. The van der Waals surface area contributed by atoms with Gasteiger partial charge in [0.1, 0.15) is 5.01 Å². The Hall–Kier alpha value is -2.53. The normalized spacial score (nSPS) is 10.8. The molecule has 0 saturated carbocycles. The van der Waals surface area contributed by atoms with E-state index in [9.17, 15) is 4.79 Å². The zero-order valence-electron chi connectivity index (χ0n) is 14.4. The molecular formula is C20H21N3OS. The number of aromatic nitrogens is 2. The number of hydrogen-bond donors (Lipinski definition) is 1. The molecule has 0 bridgehead atoms. The van der Waals surface area contributed by atoms with Crippen LogP contribution in [0.2, 0.25) is 0 Å². The van der Waals surface area contributed by atoms with Crippen molar-refractivity contribution in [3.05, 3.63) is 65.2 Å². The summed E-state index contributed by atoms with van der Waals surface area (Å²) in [4.78, 5) is 12.2. The summed E-state index contributed by atoms with van der Waals surface area (Å²) in [6, 6.07) is 18.3. The van der Waals surface area contributed by atoms with E-state index in [1.54, 1.807) is 0 Å². The molecule has 0 fully saturated rings. The first-order valence-corrected chi connectivity index (χ1v) is 9.18. The largest absolute Gasteiger partial charge is 0.300 e. The third-order valence-electron chi connectivity index (χ3n) is 3.72. The van der Waals surface area contributed by atoms with E-state index in [4.69, 9.17) is 0 Å². The fourth-order valence-electron chi connectivity index (χ4n) is 2.53. The van der Waals surface area contributed by atoms with Crippen LogP contribution in [0.15, 0.2) is 54.6 Å². The summed E-state index contributed by atoms with van der Waals surface area (Å²) in [5.74, 6) is 0.458. The van der Waals surface area contributed by atoms with Gasteiger partial charge in [-0.2, -0.15) is 0 Å². The van der Waals surface area contributed by atoms with Crippen LogP contribution in [0.3, 0.4) is 0 Å². The highest BCUT2D eigenvalue weighted by Crippen LogP contribution is 2.20. The van der Waals surface area contributed by atoms with E-state index in [1.165, 1.54) is 16.9 Å². The van der Waals surface area contributed by atoms with Crippen molar-refractivity contribution in [3.63, 3.8) is 0 Å². The maximum atomic E-state index is 12.2. The van der Waals surface area contributed by atoms with Gasteiger partial charge in [-0.3, -0.25) is 4.79 Å². The van der Waals surface area contributed by atoms with Gasteiger partial charge in [-0.25, -0.2) is 0 Å². The lowest BCUT2D eigenvalue weighted by Gasteiger charge is -2.04. The molecule has 0 aliphatic rings. The van der Waals surface area contributed by atoms with Crippen molar-refractivity contribution in [2.75, 3.05) is 5.32 Å². The Bertz CT molecular complexity index is 826. The van der Waals surface area contributed by atoms with Crippen LogP contribution in [0.4, 0.5) is 5.13 Å². The molecule has 1 heterocycles. The molecule has 0 spiro atoms. The minimum atomic E-state index is -0.0697. The molecular weight excluding hydrogens is 330 g/mol. The van der Waals surface area contributed by atoms with Gasteiger partial charge in [-0.1, -0.05) is 79.8 Å². The molecule has 1 amide bonds. The van der Waals surface area contributed by atoms with Crippen molar-refractivity contribution in [2.45, 2.75) is 26.7 Å². The third kappa shape index (κ3) is 4.97. The average Bonchev–Trinajstić information content (AvgIpc) is 3.02. The standard InChI is InChI=1S/C20H21N3OS/c1-14(2)12-19-22-23-20(25-19)21-18(24)13-15-8-10-17(11-9-15)16-6-4-3-5-7-16/h3-11,14H,12-13H2,1-2H3,(H,21,23,24). The van der Waals surface area contributed by atoms with Crippen LogP contribution in [-0.4, -0.2) is 16.1 Å². The Balaban J connectivity index is 1.58. The van der Waals surface area contributed by atoms with Crippen molar-refractivity contribution < 1.29 is 4.79 Å². The van der Waals surface area contributed by atoms with E-state index >= 15 is 0 Å². The van der Waals surface area contributed by atoms with Crippen molar-refractivity contribution in [3.8, 4) is 11.1 Å². The molecule has 2 aromatic carbocycles. The van der Waals surface area contributed by atoms with Crippen molar-refractivity contribution >= 4 is 22.4 Å². The van der Waals surface area contributed by atoms with Crippen LogP contribution in [0.5, 0.6) is 0 Å². The first-order valence-electron chi connectivity index (χ1n) is 8.37. The van der Waals surface area contributed by atoms with Gasteiger partial charge < -0.3 is 5.32 Å². The van der Waals surface area contributed by atoms with Gasteiger partial charge in [0.15, 0.2) is 0 Å². The van der Waals surface area contributed by atoms with Crippen LogP contribution in [0.1, 0.15) is 24.4 Å². The zero-order chi connectivity index (χ0) is 17.6. The number of nitrogens with one attached hydrogen (secondary N) is 1. The van der Waals surface area contributed by atoms with E-state index in [2.05, 4.69) is 41.5 Å². The number of carbonyl (C=O) groups is 1. The Morgan fingerprint density at radius 2 is 1.68 bits per heavy atom. The summed E-state index contributed by atoms with van der Waals surface area (Å²) in [5.41, 5.74) is 3.29. The molecule has 1 aromatic heterocycles. The number of carbonyl (C=O) groups excluding carboxylic acids is 1. The van der Waals surface area contributed by atoms with Gasteiger partial charge in [0.2, 0.25) is 11.0 Å². The molecule has 25 heavy (non-hydrogen) atoms. The van der Waals surface area contributed by atoms with Gasteiger partial charge in [0, 0.05) is 6.42 Å². The van der Waals surface area contributed by atoms with Gasteiger partial charge in [0.05, 0.1) is 6.42 Å². The fraction of sp³-hybridized carbons (Fsp3) is 0.250. The predicted octanol–water partition coefficient (Wildman–Crippen LogP) is 4.58. The molecule has 3 rings (SSSR count). The van der Waals surface area contributed by atoms with Crippen molar-refractivity contribution in [1.82, 2.24) is 10.2 Å². The van der Waals surface area contributed by atoms with Crippen LogP contribution in [-0.2, 0) is 17.6 Å². The number of nitrogens with zero attached hydrogens (tertiary/aromatic N) is 2. The minimum absolute atomic E-state index is 0.0697. The second-order valence-corrected chi connectivity index (χ2v) is 7.45. The van der Waals surface area contributed by atoms with E-state index in [1.807, 2.05) is 42.5 Å². The molecule has 0 aliphatic heterocycles. The van der Waals surface area contributed by atoms with Gasteiger partial charge >= 0.3 is 0 Å². The monoisotopic (exact) mass is 351 g/mol. The second-order valence-electron chi connectivity index (χ2n) is 6.39. The Labute approximate surface area is 151 Å². The number of rotatable bonds is 6. The summed E-state index contributed by atoms with van der Waals surface area (Å²) in [6.45, 7) is 4.28. The van der Waals surface area contributed by atoms with E-state index in [-0.39, 0.29) is 5.91 Å². The lowest BCUT2D eigenvalue weighted by molar-refractivity contribution is -0.115. The lowest BCUT2D eigenvalue weighted by Crippen LogP contribution is -2.14. The maximum Gasteiger partial charge on any atom is 0.230 e. The quantitative estimate of drug-likeness (QED) is 0.707. The summed E-state index contributed by atoms with van der Waals surface area (Å²) < 4.78 is 0. The highest BCUT2D eigenvalue weighted by molar-refractivity contribution is 7.15. The average molecular weight is 351 g/mol. The summed E-state index contributed by atoms with van der Waals surface area (Å²) in [6.07, 6.45) is 1.21. The highest BCUT2D eigenvalue weighted by atomic mass is 32.1. The SMILES string of the molecule is CC(C)Cc1nnc(NC(=O)Cc2ccc(-c3ccccc3)cc2)s1. The Morgan fingerprint density at radius 1 is 1.00 bits per heavy atom. The van der Waals surface area contributed by atoms with E-state index < -0.39 is 0 Å². The molecule has 5 heteroatoms. The van der Waals surface area contributed by atoms with Crippen LogP contribution in [0, 0.1) is 5.92 Å². The number of benzene rings is 2. The van der Waals surface area contributed by atoms with Crippen molar-refractivity contribution in [1.29, 1.82) is 0 Å².